The van der Waals surface area contributed by atoms with Crippen molar-refractivity contribution in [2.75, 3.05) is 59.8 Å². The minimum Gasteiger partial charge on any atom is -0.444 e. The summed E-state index contributed by atoms with van der Waals surface area (Å²) in [6, 6.07) is 0.552. The molecule has 1 aliphatic heterocycles. The fraction of sp³-hybridized carbons (Fsp3) is 0.944. The number of carbonyl (C=O) groups is 1. The van der Waals surface area contributed by atoms with Crippen LogP contribution in [0, 0.1) is 0 Å². The quantitative estimate of drug-likeness (QED) is 0.586. The van der Waals surface area contributed by atoms with Crippen molar-refractivity contribution >= 4 is 6.09 Å². The standard InChI is InChI=1S/C18H36N2O5/c1-15-13-19(17(21)25-18(3,4)5)14-16(2)20(15)7-8-23-11-12-24-10-9-22-6/h15-16H,7-14H2,1-6H3. The maximum atomic E-state index is 12.3. The van der Waals surface area contributed by atoms with Crippen molar-refractivity contribution in [2.24, 2.45) is 0 Å². The number of hydrogen-bond acceptors (Lipinski definition) is 6. The van der Waals surface area contributed by atoms with E-state index in [2.05, 4.69) is 18.7 Å². The van der Waals surface area contributed by atoms with E-state index in [1.165, 1.54) is 0 Å². The molecular formula is C18H36N2O5. The Morgan fingerprint density at radius 3 is 2.00 bits per heavy atom. The van der Waals surface area contributed by atoms with Crippen LogP contribution in [0.3, 0.4) is 0 Å². The number of ether oxygens (including phenoxy) is 4. The van der Waals surface area contributed by atoms with E-state index in [1.807, 2.05) is 25.7 Å². The maximum Gasteiger partial charge on any atom is 0.410 e. The normalized spacial score (nSPS) is 22.2. The number of rotatable bonds is 9. The van der Waals surface area contributed by atoms with Gasteiger partial charge in [-0.25, -0.2) is 4.79 Å². The van der Waals surface area contributed by atoms with Crippen molar-refractivity contribution in [2.45, 2.75) is 52.3 Å². The fourth-order valence-electron chi connectivity index (χ4n) is 2.91. The topological polar surface area (TPSA) is 60.5 Å². The smallest absolute Gasteiger partial charge is 0.410 e. The van der Waals surface area contributed by atoms with Crippen LogP contribution in [0.1, 0.15) is 34.6 Å². The van der Waals surface area contributed by atoms with Crippen molar-refractivity contribution in [1.29, 1.82) is 0 Å². The molecule has 1 fully saturated rings. The summed E-state index contributed by atoms with van der Waals surface area (Å²) in [5.41, 5.74) is -0.458. The van der Waals surface area contributed by atoms with E-state index in [0.29, 0.717) is 46.1 Å². The number of hydrogen-bond donors (Lipinski definition) is 0. The van der Waals surface area contributed by atoms with Crippen LogP contribution in [0.15, 0.2) is 0 Å². The Morgan fingerprint density at radius 1 is 0.960 bits per heavy atom. The van der Waals surface area contributed by atoms with Gasteiger partial charge >= 0.3 is 6.09 Å². The van der Waals surface area contributed by atoms with Crippen LogP contribution in [0.4, 0.5) is 4.79 Å². The summed E-state index contributed by atoms with van der Waals surface area (Å²) >= 11 is 0. The molecule has 0 N–H and O–H groups in total. The first-order valence-corrected chi connectivity index (χ1v) is 9.12. The summed E-state index contributed by atoms with van der Waals surface area (Å²) in [4.78, 5) is 16.4. The molecule has 25 heavy (non-hydrogen) atoms. The highest BCUT2D eigenvalue weighted by molar-refractivity contribution is 5.68. The molecule has 0 radical (unpaired) electrons. The second kappa shape index (κ2) is 11.0. The van der Waals surface area contributed by atoms with Gasteiger partial charge in [0.15, 0.2) is 0 Å². The molecule has 2 atom stereocenters. The van der Waals surface area contributed by atoms with Crippen LogP contribution >= 0.6 is 0 Å². The number of carbonyl (C=O) groups excluding carboxylic acids is 1. The van der Waals surface area contributed by atoms with Crippen LogP contribution in [-0.4, -0.2) is 93.4 Å². The summed E-state index contributed by atoms with van der Waals surface area (Å²) in [7, 11) is 1.66. The van der Waals surface area contributed by atoms with Crippen molar-refractivity contribution < 1.29 is 23.7 Å². The average Bonchev–Trinajstić information content (AvgIpc) is 2.50. The molecule has 0 aromatic rings. The molecule has 0 saturated carbocycles. The molecule has 0 aliphatic carbocycles. The molecule has 1 aliphatic rings. The molecule has 1 heterocycles. The second-order valence-electron chi connectivity index (χ2n) is 7.54. The van der Waals surface area contributed by atoms with Gasteiger partial charge in [-0.1, -0.05) is 0 Å². The van der Waals surface area contributed by atoms with Crippen LogP contribution in [-0.2, 0) is 18.9 Å². The SMILES string of the molecule is COCCOCCOCCN1C(C)CN(C(=O)OC(C)(C)C)CC1C. The van der Waals surface area contributed by atoms with Gasteiger partial charge in [0.1, 0.15) is 5.60 Å². The predicted octanol–water partition coefficient (Wildman–Crippen LogP) is 2.00. The van der Waals surface area contributed by atoms with Gasteiger partial charge < -0.3 is 23.8 Å². The Morgan fingerprint density at radius 2 is 1.48 bits per heavy atom. The van der Waals surface area contributed by atoms with E-state index < -0.39 is 5.60 Å². The Kier molecular flexibility index (Phi) is 9.71. The molecule has 7 heteroatoms. The van der Waals surface area contributed by atoms with Gasteiger partial charge in [-0.3, -0.25) is 4.90 Å². The molecule has 0 aromatic heterocycles. The Labute approximate surface area is 152 Å². The molecule has 148 valence electrons. The highest BCUT2D eigenvalue weighted by atomic mass is 16.6. The summed E-state index contributed by atoms with van der Waals surface area (Å²) in [6.45, 7) is 15.2. The third kappa shape index (κ3) is 8.85. The molecule has 1 saturated heterocycles. The van der Waals surface area contributed by atoms with E-state index in [9.17, 15) is 4.79 Å². The molecular weight excluding hydrogens is 324 g/mol. The first kappa shape index (κ1) is 22.2. The summed E-state index contributed by atoms with van der Waals surface area (Å²) in [6.07, 6.45) is -0.227. The average molecular weight is 360 g/mol. The highest BCUT2D eigenvalue weighted by Crippen LogP contribution is 2.18. The van der Waals surface area contributed by atoms with Crippen molar-refractivity contribution in [3.63, 3.8) is 0 Å². The zero-order valence-electron chi connectivity index (χ0n) is 16.7. The fourth-order valence-corrected chi connectivity index (χ4v) is 2.91. The lowest BCUT2D eigenvalue weighted by molar-refractivity contribution is -0.0205. The van der Waals surface area contributed by atoms with Gasteiger partial charge in [0.05, 0.1) is 33.0 Å². The van der Waals surface area contributed by atoms with Gasteiger partial charge in [0.2, 0.25) is 0 Å². The van der Waals surface area contributed by atoms with Gasteiger partial charge in [-0.2, -0.15) is 0 Å². The first-order chi connectivity index (χ1) is 11.7. The van der Waals surface area contributed by atoms with Gasteiger partial charge in [0.25, 0.3) is 0 Å². The molecule has 2 unspecified atom stereocenters. The van der Waals surface area contributed by atoms with Crippen molar-refractivity contribution in [3.05, 3.63) is 0 Å². The zero-order valence-corrected chi connectivity index (χ0v) is 16.7. The zero-order chi connectivity index (χ0) is 18.9. The predicted molar refractivity (Wildman–Crippen MR) is 97.0 cm³/mol. The molecule has 0 aromatic carbocycles. The van der Waals surface area contributed by atoms with Crippen LogP contribution < -0.4 is 0 Å². The van der Waals surface area contributed by atoms with Gasteiger partial charge in [0, 0.05) is 38.8 Å². The van der Waals surface area contributed by atoms with Crippen LogP contribution in [0.5, 0.6) is 0 Å². The van der Waals surface area contributed by atoms with Gasteiger partial charge in [-0.05, 0) is 34.6 Å². The number of nitrogens with zero attached hydrogens (tertiary/aromatic N) is 2. The van der Waals surface area contributed by atoms with E-state index in [1.54, 1.807) is 7.11 Å². The summed E-state index contributed by atoms with van der Waals surface area (Å²) in [5.74, 6) is 0. The summed E-state index contributed by atoms with van der Waals surface area (Å²) < 4.78 is 21.4. The minimum absolute atomic E-state index is 0.227. The largest absolute Gasteiger partial charge is 0.444 e. The lowest BCUT2D eigenvalue weighted by atomic mass is 10.1. The molecule has 1 rings (SSSR count). The lowest BCUT2D eigenvalue weighted by Gasteiger charge is -2.44. The van der Waals surface area contributed by atoms with E-state index in [4.69, 9.17) is 18.9 Å². The number of piperazine rings is 1. The Balaban J connectivity index is 2.26. The second-order valence-corrected chi connectivity index (χ2v) is 7.54. The van der Waals surface area contributed by atoms with Crippen molar-refractivity contribution in [1.82, 2.24) is 9.80 Å². The first-order valence-electron chi connectivity index (χ1n) is 9.12. The van der Waals surface area contributed by atoms with Crippen LogP contribution in [0.25, 0.3) is 0 Å². The van der Waals surface area contributed by atoms with E-state index >= 15 is 0 Å². The Bertz CT molecular complexity index is 374. The maximum absolute atomic E-state index is 12.3. The van der Waals surface area contributed by atoms with E-state index in [-0.39, 0.29) is 18.2 Å². The van der Waals surface area contributed by atoms with Crippen molar-refractivity contribution in [3.8, 4) is 0 Å². The lowest BCUT2D eigenvalue weighted by Crippen LogP contribution is -2.59. The number of methoxy groups -OCH3 is 1. The number of amides is 1. The molecule has 1 amide bonds. The minimum atomic E-state index is -0.458. The monoisotopic (exact) mass is 360 g/mol. The molecule has 7 nitrogen and oxygen atoms in total. The van der Waals surface area contributed by atoms with E-state index in [0.717, 1.165) is 6.54 Å². The Hall–Kier alpha value is -0.890. The van der Waals surface area contributed by atoms with Crippen LogP contribution in [0.2, 0.25) is 0 Å². The third-order valence-electron chi connectivity index (χ3n) is 4.05. The highest BCUT2D eigenvalue weighted by Gasteiger charge is 2.33. The summed E-state index contributed by atoms with van der Waals surface area (Å²) in [5, 5.41) is 0. The molecule has 0 bridgehead atoms. The van der Waals surface area contributed by atoms with Gasteiger partial charge in [-0.15, -0.1) is 0 Å². The third-order valence-corrected chi connectivity index (χ3v) is 4.05. The molecule has 0 spiro atoms.